The molecular formula is C17H32N2O2. The Bertz CT molecular complexity index is 339. The van der Waals surface area contributed by atoms with Crippen molar-refractivity contribution in [3.63, 3.8) is 0 Å². The van der Waals surface area contributed by atoms with E-state index in [1.165, 1.54) is 6.21 Å². The van der Waals surface area contributed by atoms with Crippen molar-refractivity contribution in [2.24, 2.45) is 11.8 Å². The molecule has 0 saturated carbocycles. The van der Waals surface area contributed by atoms with E-state index in [0.29, 0.717) is 5.92 Å². The quantitative estimate of drug-likeness (QED) is 0.447. The number of hydrogen-bond acceptors (Lipinski definition) is 4. The Hall–Kier alpha value is -1.42. The van der Waals surface area contributed by atoms with Crippen LogP contribution in [-0.4, -0.2) is 31.9 Å². The largest absolute Gasteiger partial charge is 0.460 e. The molecule has 0 heterocycles. The topological polar surface area (TPSA) is 62.2 Å². The maximum Gasteiger partial charge on any atom is 0.313 e. The average molecular weight is 296 g/mol. The molecule has 0 amide bonds. The second kappa shape index (κ2) is 12.3. The Kier molecular flexibility index (Phi) is 12.8. The molecule has 0 aromatic carbocycles. The molecule has 2 N–H and O–H groups in total. The zero-order valence-electron chi connectivity index (χ0n) is 14.6. The van der Waals surface area contributed by atoms with Crippen LogP contribution in [-0.2, 0) is 9.53 Å². The molecule has 0 saturated heterocycles. The van der Waals surface area contributed by atoms with Gasteiger partial charge < -0.3 is 15.5 Å². The normalized spacial score (nSPS) is 13.1. The highest BCUT2D eigenvalue weighted by molar-refractivity contribution is 5.75. The second-order valence-electron chi connectivity index (χ2n) is 6.21. The fourth-order valence-corrected chi connectivity index (χ4v) is 1.46. The molecule has 0 rings (SSSR count). The molecule has 0 radical (unpaired) electrons. The van der Waals surface area contributed by atoms with Gasteiger partial charge in [0, 0.05) is 6.21 Å². The van der Waals surface area contributed by atoms with E-state index in [9.17, 15) is 4.79 Å². The minimum Gasteiger partial charge on any atom is -0.460 e. The van der Waals surface area contributed by atoms with Crippen molar-refractivity contribution in [1.29, 1.82) is 5.41 Å². The highest BCUT2D eigenvalue weighted by atomic mass is 16.6. The van der Waals surface area contributed by atoms with Crippen LogP contribution in [0.2, 0.25) is 0 Å². The maximum atomic E-state index is 12.0. The molecule has 0 aliphatic carbocycles. The van der Waals surface area contributed by atoms with Crippen molar-refractivity contribution in [3.05, 3.63) is 24.3 Å². The van der Waals surface area contributed by atoms with Crippen LogP contribution < -0.4 is 5.32 Å². The first-order valence-corrected chi connectivity index (χ1v) is 7.33. The van der Waals surface area contributed by atoms with E-state index in [-0.39, 0.29) is 11.9 Å². The highest BCUT2D eigenvalue weighted by Gasteiger charge is 2.23. The Morgan fingerprint density at radius 1 is 1.19 bits per heavy atom. The van der Waals surface area contributed by atoms with Crippen molar-refractivity contribution in [1.82, 2.24) is 5.32 Å². The Labute approximate surface area is 130 Å². The van der Waals surface area contributed by atoms with Gasteiger partial charge in [-0.2, -0.15) is 0 Å². The SMILES string of the molecule is CC(C)CC(/C=C/C=C\C=N)C(=O)OC(C)(C)C.CNC. The van der Waals surface area contributed by atoms with Crippen molar-refractivity contribution >= 4 is 12.2 Å². The van der Waals surface area contributed by atoms with Crippen LogP contribution in [0.15, 0.2) is 24.3 Å². The zero-order chi connectivity index (χ0) is 16.9. The lowest BCUT2D eigenvalue weighted by Crippen LogP contribution is -2.28. The third kappa shape index (κ3) is 16.5. The van der Waals surface area contributed by atoms with E-state index in [0.717, 1.165) is 6.42 Å². The minimum atomic E-state index is -0.453. The van der Waals surface area contributed by atoms with Crippen LogP contribution in [0, 0.1) is 17.2 Å². The third-order valence-electron chi connectivity index (χ3n) is 2.10. The van der Waals surface area contributed by atoms with Gasteiger partial charge in [-0.25, -0.2) is 0 Å². The first-order valence-electron chi connectivity index (χ1n) is 7.33. The monoisotopic (exact) mass is 296 g/mol. The van der Waals surface area contributed by atoms with Gasteiger partial charge in [0.2, 0.25) is 0 Å². The molecule has 1 atom stereocenters. The standard InChI is InChI=1S/C15H25NO2.C2H7N/c1-12(2)11-13(9-7-6-8-10-16)14(17)18-15(3,4)5;1-3-2/h6-10,12-13,16H,11H2,1-5H3;3H,1-2H3/b8-6-,9-7+,16-10?;. The van der Waals surface area contributed by atoms with E-state index in [1.54, 1.807) is 18.2 Å². The Balaban J connectivity index is 0. The average Bonchev–Trinajstić information content (AvgIpc) is 2.31. The van der Waals surface area contributed by atoms with Gasteiger partial charge in [0.25, 0.3) is 0 Å². The summed E-state index contributed by atoms with van der Waals surface area (Å²) in [6, 6.07) is 0. The molecule has 4 nitrogen and oxygen atoms in total. The van der Waals surface area contributed by atoms with Crippen LogP contribution in [0.25, 0.3) is 0 Å². The van der Waals surface area contributed by atoms with Crippen molar-refractivity contribution in [2.45, 2.75) is 46.6 Å². The van der Waals surface area contributed by atoms with Crippen molar-refractivity contribution in [2.75, 3.05) is 14.1 Å². The molecule has 122 valence electrons. The Morgan fingerprint density at radius 2 is 1.71 bits per heavy atom. The van der Waals surface area contributed by atoms with E-state index >= 15 is 0 Å². The van der Waals surface area contributed by atoms with Crippen LogP contribution in [0.3, 0.4) is 0 Å². The summed E-state index contributed by atoms with van der Waals surface area (Å²) in [6.45, 7) is 9.78. The summed E-state index contributed by atoms with van der Waals surface area (Å²) in [7, 11) is 3.75. The molecule has 0 aromatic heterocycles. The number of esters is 1. The lowest BCUT2D eigenvalue weighted by atomic mass is 9.96. The summed E-state index contributed by atoms with van der Waals surface area (Å²) in [5.74, 6) is 0.0224. The molecule has 0 spiro atoms. The lowest BCUT2D eigenvalue weighted by molar-refractivity contribution is -0.158. The van der Waals surface area contributed by atoms with E-state index < -0.39 is 5.60 Å². The lowest BCUT2D eigenvalue weighted by Gasteiger charge is -2.23. The summed E-state index contributed by atoms with van der Waals surface area (Å²) < 4.78 is 5.40. The molecule has 0 fully saturated rings. The minimum absolute atomic E-state index is 0.185. The van der Waals surface area contributed by atoms with Gasteiger partial charge in [-0.15, -0.1) is 0 Å². The van der Waals surface area contributed by atoms with Crippen molar-refractivity contribution in [3.8, 4) is 0 Å². The summed E-state index contributed by atoms with van der Waals surface area (Å²) in [6.07, 6.45) is 8.96. The van der Waals surface area contributed by atoms with Gasteiger partial charge in [-0.05, 0) is 53.3 Å². The fraction of sp³-hybridized carbons (Fsp3) is 0.647. The van der Waals surface area contributed by atoms with Crippen molar-refractivity contribution < 1.29 is 9.53 Å². The number of carbonyl (C=O) groups is 1. The van der Waals surface area contributed by atoms with Gasteiger partial charge >= 0.3 is 5.97 Å². The zero-order valence-corrected chi connectivity index (χ0v) is 14.6. The molecule has 0 aliphatic heterocycles. The van der Waals surface area contributed by atoms with Crippen LogP contribution in [0.1, 0.15) is 41.0 Å². The van der Waals surface area contributed by atoms with Crippen LogP contribution >= 0.6 is 0 Å². The first-order chi connectivity index (χ1) is 9.67. The van der Waals surface area contributed by atoms with Crippen LogP contribution in [0.5, 0.6) is 0 Å². The van der Waals surface area contributed by atoms with E-state index in [4.69, 9.17) is 10.1 Å². The van der Waals surface area contributed by atoms with E-state index in [2.05, 4.69) is 19.2 Å². The predicted molar refractivity (Wildman–Crippen MR) is 90.8 cm³/mol. The molecule has 0 aromatic rings. The van der Waals surface area contributed by atoms with Crippen LogP contribution in [0.4, 0.5) is 0 Å². The van der Waals surface area contributed by atoms with Gasteiger partial charge in [0.15, 0.2) is 0 Å². The van der Waals surface area contributed by atoms with Gasteiger partial charge in [0.05, 0.1) is 5.92 Å². The van der Waals surface area contributed by atoms with Gasteiger partial charge in [0.1, 0.15) is 5.60 Å². The molecule has 1 unspecified atom stereocenters. The molecule has 0 aliphatic rings. The highest BCUT2D eigenvalue weighted by Crippen LogP contribution is 2.18. The second-order valence-corrected chi connectivity index (χ2v) is 6.21. The predicted octanol–water partition coefficient (Wildman–Crippen LogP) is 3.59. The number of ether oxygens (including phenoxy) is 1. The smallest absolute Gasteiger partial charge is 0.313 e. The third-order valence-corrected chi connectivity index (χ3v) is 2.10. The summed E-state index contributed by atoms with van der Waals surface area (Å²) >= 11 is 0. The summed E-state index contributed by atoms with van der Waals surface area (Å²) in [4.78, 5) is 12.0. The first kappa shape index (κ1) is 21.9. The van der Waals surface area contributed by atoms with E-state index in [1.807, 2.05) is 40.9 Å². The van der Waals surface area contributed by atoms with Gasteiger partial charge in [-0.3, -0.25) is 4.79 Å². The molecule has 21 heavy (non-hydrogen) atoms. The number of hydrogen-bond donors (Lipinski definition) is 2. The number of nitrogens with one attached hydrogen (secondary N) is 2. The van der Waals surface area contributed by atoms with Gasteiger partial charge in [-0.1, -0.05) is 32.1 Å². The maximum absolute atomic E-state index is 12.0. The molecule has 0 bridgehead atoms. The number of allylic oxidation sites excluding steroid dienone is 3. The number of carbonyl (C=O) groups excluding carboxylic acids is 1. The molecule has 4 heteroatoms. The fourth-order valence-electron chi connectivity index (χ4n) is 1.46. The summed E-state index contributed by atoms with van der Waals surface area (Å²) in [5, 5.41) is 9.62. The molecular weight excluding hydrogens is 264 g/mol. The Morgan fingerprint density at radius 3 is 2.10 bits per heavy atom. The number of rotatable bonds is 6. The summed E-state index contributed by atoms with van der Waals surface area (Å²) in [5.41, 5.74) is -0.453.